The van der Waals surface area contributed by atoms with Crippen LogP contribution in [0.2, 0.25) is 0 Å². The SMILES string of the molecule is COC(=O)CCNC(=O)c1ccc2cc(OC)ccc2n1. The average molecular weight is 288 g/mol. The molecule has 110 valence electrons. The van der Waals surface area contributed by atoms with Gasteiger partial charge in [-0.05, 0) is 24.3 Å². The van der Waals surface area contributed by atoms with Crippen LogP contribution >= 0.6 is 0 Å². The van der Waals surface area contributed by atoms with E-state index < -0.39 is 0 Å². The molecule has 21 heavy (non-hydrogen) atoms. The number of fused-ring (bicyclic) bond motifs is 1. The number of aromatic nitrogens is 1. The smallest absolute Gasteiger partial charge is 0.307 e. The lowest BCUT2D eigenvalue weighted by molar-refractivity contribution is -0.140. The van der Waals surface area contributed by atoms with Crippen LogP contribution in [0.5, 0.6) is 5.75 Å². The summed E-state index contributed by atoms with van der Waals surface area (Å²) in [6, 6.07) is 8.87. The summed E-state index contributed by atoms with van der Waals surface area (Å²) in [6.07, 6.45) is 0.132. The Morgan fingerprint density at radius 2 is 2.00 bits per heavy atom. The second-order valence-electron chi connectivity index (χ2n) is 4.34. The fourth-order valence-electron chi connectivity index (χ4n) is 1.83. The molecule has 2 aromatic rings. The monoisotopic (exact) mass is 288 g/mol. The maximum Gasteiger partial charge on any atom is 0.307 e. The van der Waals surface area contributed by atoms with Gasteiger partial charge < -0.3 is 14.8 Å². The number of carbonyl (C=O) groups is 2. The van der Waals surface area contributed by atoms with Crippen molar-refractivity contribution in [3.8, 4) is 5.75 Å². The van der Waals surface area contributed by atoms with Crippen molar-refractivity contribution in [2.24, 2.45) is 0 Å². The lowest BCUT2D eigenvalue weighted by Crippen LogP contribution is -2.27. The van der Waals surface area contributed by atoms with Crippen molar-refractivity contribution in [2.75, 3.05) is 20.8 Å². The molecule has 0 aliphatic heterocycles. The van der Waals surface area contributed by atoms with Gasteiger partial charge in [0, 0.05) is 11.9 Å². The number of methoxy groups -OCH3 is 2. The van der Waals surface area contributed by atoms with E-state index in [1.807, 2.05) is 6.07 Å². The molecule has 1 aromatic carbocycles. The number of pyridine rings is 1. The molecular weight excluding hydrogens is 272 g/mol. The van der Waals surface area contributed by atoms with Crippen molar-refractivity contribution in [3.05, 3.63) is 36.0 Å². The molecule has 1 aromatic heterocycles. The van der Waals surface area contributed by atoms with Crippen LogP contribution in [-0.2, 0) is 9.53 Å². The number of nitrogens with zero attached hydrogens (tertiary/aromatic N) is 1. The molecule has 6 nitrogen and oxygen atoms in total. The molecule has 0 unspecified atom stereocenters. The van der Waals surface area contributed by atoms with Gasteiger partial charge >= 0.3 is 5.97 Å². The first-order valence-corrected chi connectivity index (χ1v) is 6.44. The van der Waals surface area contributed by atoms with Crippen LogP contribution < -0.4 is 10.1 Å². The van der Waals surface area contributed by atoms with Gasteiger partial charge in [-0.3, -0.25) is 9.59 Å². The van der Waals surface area contributed by atoms with Crippen molar-refractivity contribution in [2.45, 2.75) is 6.42 Å². The maximum absolute atomic E-state index is 11.9. The molecule has 2 rings (SSSR count). The van der Waals surface area contributed by atoms with E-state index in [4.69, 9.17) is 4.74 Å². The van der Waals surface area contributed by atoms with E-state index in [0.29, 0.717) is 11.2 Å². The molecular formula is C15H16N2O4. The Hall–Kier alpha value is -2.63. The summed E-state index contributed by atoms with van der Waals surface area (Å²) in [4.78, 5) is 27.2. The standard InChI is InChI=1S/C15H16N2O4/c1-20-11-4-6-12-10(9-11)3-5-13(17-12)15(19)16-8-7-14(18)21-2/h3-6,9H,7-8H2,1-2H3,(H,16,19). The number of esters is 1. The van der Waals surface area contributed by atoms with Crippen LogP contribution in [0.3, 0.4) is 0 Å². The topological polar surface area (TPSA) is 77.5 Å². The molecule has 0 bridgehead atoms. The molecule has 1 N–H and O–H groups in total. The van der Waals surface area contributed by atoms with Crippen molar-refractivity contribution in [3.63, 3.8) is 0 Å². The van der Waals surface area contributed by atoms with Crippen molar-refractivity contribution in [1.82, 2.24) is 10.3 Å². The highest BCUT2D eigenvalue weighted by Crippen LogP contribution is 2.19. The first kappa shape index (κ1) is 14.8. The molecule has 6 heteroatoms. The number of hydrogen-bond acceptors (Lipinski definition) is 5. The summed E-state index contributed by atoms with van der Waals surface area (Å²) in [7, 11) is 2.90. The van der Waals surface area contributed by atoms with Crippen LogP contribution in [0.15, 0.2) is 30.3 Å². The van der Waals surface area contributed by atoms with Gasteiger partial charge in [-0.15, -0.1) is 0 Å². The van der Waals surface area contributed by atoms with E-state index >= 15 is 0 Å². The summed E-state index contributed by atoms with van der Waals surface area (Å²) in [5.74, 6) is 0.0464. The van der Waals surface area contributed by atoms with Gasteiger partial charge in [0.05, 0.1) is 26.2 Å². The summed E-state index contributed by atoms with van der Waals surface area (Å²) in [5, 5.41) is 3.51. The van der Waals surface area contributed by atoms with Gasteiger partial charge in [0.2, 0.25) is 0 Å². The third-order valence-electron chi connectivity index (χ3n) is 2.97. The highest BCUT2D eigenvalue weighted by Gasteiger charge is 2.09. The number of amides is 1. The number of nitrogens with one attached hydrogen (secondary N) is 1. The highest BCUT2D eigenvalue weighted by molar-refractivity contribution is 5.95. The van der Waals surface area contributed by atoms with Crippen LogP contribution in [0.1, 0.15) is 16.9 Å². The minimum Gasteiger partial charge on any atom is -0.497 e. The normalized spacial score (nSPS) is 10.2. The predicted octanol–water partition coefficient (Wildman–Crippen LogP) is 1.54. The molecule has 1 amide bonds. The Labute approximate surface area is 122 Å². The quantitative estimate of drug-likeness (QED) is 0.844. The van der Waals surface area contributed by atoms with Gasteiger partial charge in [0.25, 0.3) is 5.91 Å². The molecule has 0 aliphatic carbocycles. The van der Waals surface area contributed by atoms with E-state index in [1.54, 1.807) is 31.4 Å². The number of carbonyl (C=O) groups excluding carboxylic acids is 2. The average Bonchev–Trinajstić information content (AvgIpc) is 2.53. The molecule has 0 spiro atoms. The van der Waals surface area contributed by atoms with E-state index in [0.717, 1.165) is 11.1 Å². The zero-order valence-electron chi connectivity index (χ0n) is 11.9. The molecule has 0 saturated carbocycles. The first-order valence-electron chi connectivity index (χ1n) is 6.44. The molecule has 0 radical (unpaired) electrons. The van der Waals surface area contributed by atoms with Crippen molar-refractivity contribution >= 4 is 22.8 Å². The van der Waals surface area contributed by atoms with Crippen LogP contribution in [-0.4, -0.2) is 37.6 Å². The Morgan fingerprint density at radius 1 is 1.19 bits per heavy atom. The van der Waals surface area contributed by atoms with Gasteiger partial charge in [0.15, 0.2) is 0 Å². The minimum absolute atomic E-state index is 0.132. The zero-order valence-corrected chi connectivity index (χ0v) is 11.9. The molecule has 0 atom stereocenters. The number of hydrogen-bond donors (Lipinski definition) is 1. The third kappa shape index (κ3) is 3.68. The van der Waals surface area contributed by atoms with Crippen LogP contribution in [0, 0.1) is 0 Å². The Balaban J connectivity index is 2.08. The van der Waals surface area contributed by atoms with E-state index in [-0.39, 0.29) is 24.8 Å². The fourth-order valence-corrected chi connectivity index (χ4v) is 1.83. The van der Waals surface area contributed by atoms with E-state index in [2.05, 4.69) is 15.0 Å². The maximum atomic E-state index is 11.9. The van der Waals surface area contributed by atoms with Gasteiger partial charge in [-0.2, -0.15) is 0 Å². The summed E-state index contributed by atoms with van der Waals surface area (Å²) in [6.45, 7) is 0.216. The van der Waals surface area contributed by atoms with Gasteiger partial charge in [0.1, 0.15) is 11.4 Å². The fraction of sp³-hybridized carbons (Fsp3) is 0.267. The Bertz CT molecular complexity index is 670. The number of ether oxygens (including phenoxy) is 2. The Morgan fingerprint density at radius 3 is 2.71 bits per heavy atom. The Kier molecular flexibility index (Phi) is 4.71. The highest BCUT2D eigenvalue weighted by atomic mass is 16.5. The lowest BCUT2D eigenvalue weighted by Gasteiger charge is -2.06. The van der Waals surface area contributed by atoms with Gasteiger partial charge in [-0.25, -0.2) is 4.98 Å². The predicted molar refractivity (Wildman–Crippen MR) is 77.3 cm³/mol. The molecule has 0 fully saturated rings. The second kappa shape index (κ2) is 6.69. The van der Waals surface area contributed by atoms with Crippen molar-refractivity contribution < 1.29 is 19.1 Å². The molecule has 1 heterocycles. The second-order valence-corrected chi connectivity index (χ2v) is 4.34. The van der Waals surface area contributed by atoms with Crippen LogP contribution in [0.4, 0.5) is 0 Å². The zero-order chi connectivity index (χ0) is 15.2. The lowest BCUT2D eigenvalue weighted by atomic mass is 10.2. The molecule has 0 saturated heterocycles. The third-order valence-corrected chi connectivity index (χ3v) is 2.97. The van der Waals surface area contributed by atoms with Crippen molar-refractivity contribution in [1.29, 1.82) is 0 Å². The minimum atomic E-state index is -0.367. The molecule has 0 aliphatic rings. The van der Waals surface area contributed by atoms with Gasteiger partial charge in [-0.1, -0.05) is 6.07 Å². The summed E-state index contributed by atoms with van der Waals surface area (Å²) >= 11 is 0. The van der Waals surface area contributed by atoms with E-state index in [9.17, 15) is 9.59 Å². The largest absolute Gasteiger partial charge is 0.497 e. The number of rotatable bonds is 5. The summed E-state index contributed by atoms with van der Waals surface area (Å²) in [5.41, 5.74) is 1.01. The van der Waals surface area contributed by atoms with Crippen LogP contribution in [0.25, 0.3) is 10.9 Å². The first-order chi connectivity index (χ1) is 10.1. The summed E-state index contributed by atoms with van der Waals surface area (Å²) < 4.78 is 9.63. The van der Waals surface area contributed by atoms with E-state index in [1.165, 1.54) is 7.11 Å². The number of benzene rings is 1.